The van der Waals surface area contributed by atoms with Crippen molar-refractivity contribution in [3.8, 4) is 11.4 Å². The van der Waals surface area contributed by atoms with Crippen LogP contribution in [0.4, 0.5) is 0 Å². The van der Waals surface area contributed by atoms with Gasteiger partial charge in [0.25, 0.3) is 11.5 Å². The zero-order chi connectivity index (χ0) is 26.5. The molecule has 0 atom stereocenters. The van der Waals surface area contributed by atoms with Crippen molar-refractivity contribution in [2.45, 2.75) is 30.8 Å². The van der Waals surface area contributed by atoms with Gasteiger partial charge in [0.1, 0.15) is 10.6 Å². The Bertz CT molecular complexity index is 1580. The van der Waals surface area contributed by atoms with Gasteiger partial charge < -0.3 is 4.74 Å². The zero-order valence-electron chi connectivity index (χ0n) is 20.6. The topological polar surface area (TPSA) is 85.6 Å². The third-order valence-electron chi connectivity index (χ3n) is 6.10. The Morgan fingerprint density at radius 2 is 1.95 bits per heavy atom. The first-order valence-electron chi connectivity index (χ1n) is 12.1. The Balaban J connectivity index is 1.38. The third kappa shape index (κ3) is 5.85. The summed E-state index contributed by atoms with van der Waals surface area (Å²) in [5.41, 5.74) is 5.10. The van der Waals surface area contributed by atoms with Gasteiger partial charge >= 0.3 is 0 Å². The van der Waals surface area contributed by atoms with Crippen LogP contribution in [-0.4, -0.2) is 34.5 Å². The van der Waals surface area contributed by atoms with Crippen LogP contribution in [0.3, 0.4) is 0 Å². The molecule has 4 aromatic rings. The summed E-state index contributed by atoms with van der Waals surface area (Å²) >= 11 is 8.97. The molecule has 0 spiro atoms. The van der Waals surface area contributed by atoms with E-state index in [0.717, 1.165) is 41.6 Å². The SMILES string of the molecule is COc1ccc(-n2c(SCC(=O)NN=CC(Cl)=Cc3ccccc3)nc3sc4c(c3c2=O)CCCC4)cc1. The highest BCUT2D eigenvalue weighted by atomic mass is 35.5. The summed E-state index contributed by atoms with van der Waals surface area (Å²) in [4.78, 5) is 33.2. The van der Waals surface area contributed by atoms with E-state index in [1.165, 1.54) is 22.9 Å². The first-order valence-corrected chi connectivity index (χ1v) is 14.3. The number of fused-ring (bicyclic) bond motifs is 3. The van der Waals surface area contributed by atoms with Gasteiger partial charge in [-0.15, -0.1) is 11.3 Å². The van der Waals surface area contributed by atoms with Crippen molar-refractivity contribution in [3.63, 3.8) is 0 Å². The van der Waals surface area contributed by atoms with Gasteiger partial charge in [0.05, 0.1) is 35.2 Å². The van der Waals surface area contributed by atoms with Gasteiger partial charge in [0.15, 0.2) is 5.16 Å². The van der Waals surface area contributed by atoms with Crippen LogP contribution >= 0.6 is 34.7 Å². The van der Waals surface area contributed by atoms with Gasteiger partial charge in [-0.25, -0.2) is 10.4 Å². The first kappa shape index (κ1) is 26.2. The average Bonchev–Trinajstić information content (AvgIpc) is 3.31. The number of carbonyl (C=O) groups excluding carboxylic acids is 1. The number of nitrogens with zero attached hydrogens (tertiary/aromatic N) is 3. The molecule has 1 aliphatic rings. The molecule has 0 unspecified atom stereocenters. The van der Waals surface area contributed by atoms with E-state index in [-0.39, 0.29) is 17.2 Å². The van der Waals surface area contributed by atoms with E-state index in [0.29, 0.717) is 27.0 Å². The Morgan fingerprint density at radius 1 is 1.18 bits per heavy atom. The monoisotopic (exact) mass is 564 g/mol. The summed E-state index contributed by atoms with van der Waals surface area (Å²) in [6, 6.07) is 16.8. The van der Waals surface area contributed by atoms with Crippen LogP contribution in [-0.2, 0) is 17.6 Å². The van der Waals surface area contributed by atoms with Crippen molar-refractivity contribution in [2.24, 2.45) is 5.10 Å². The minimum atomic E-state index is -0.337. The normalized spacial score (nSPS) is 13.6. The van der Waals surface area contributed by atoms with Crippen molar-refractivity contribution < 1.29 is 9.53 Å². The summed E-state index contributed by atoms with van der Waals surface area (Å²) in [6.07, 6.45) is 7.19. The number of allylic oxidation sites excluding steroid dienone is 1. The fraction of sp³-hybridized carbons (Fsp3) is 0.214. The number of ether oxygens (including phenoxy) is 1. The lowest BCUT2D eigenvalue weighted by molar-refractivity contribution is -0.118. The van der Waals surface area contributed by atoms with E-state index >= 15 is 0 Å². The number of rotatable bonds is 8. The second-order valence-corrected chi connectivity index (χ2v) is 11.1. The molecule has 0 saturated heterocycles. The molecule has 1 aliphatic carbocycles. The lowest BCUT2D eigenvalue weighted by Crippen LogP contribution is -2.24. The van der Waals surface area contributed by atoms with E-state index in [4.69, 9.17) is 21.3 Å². The third-order valence-corrected chi connectivity index (χ3v) is 8.43. The summed E-state index contributed by atoms with van der Waals surface area (Å²) in [5, 5.41) is 5.48. The van der Waals surface area contributed by atoms with Crippen LogP contribution in [0, 0.1) is 0 Å². The van der Waals surface area contributed by atoms with Crippen molar-refractivity contribution in [3.05, 3.63) is 86.0 Å². The maximum absolute atomic E-state index is 13.8. The molecular weight excluding hydrogens is 540 g/mol. The Hall–Kier alpha value is -3.40. The summed E-state index contributed by atoms with van der Waals surface area (Å²) in [5.74, 6) is 0.378. The van der Waals surface area contributed by atoms with Crippen LogP contribution in [0.15, 0.2) is 74.7 Å². The number of benzene rings is 2. The van der Waals surface area contributed by atoms with Crippen molar-refractivity contribution in [2.75, 3.05) is 12.9 Å². The quantitative estimate of drug-likeness (QED) is 0.126. The molecule has 0 radical (unpaired) electrons. The molecule has 0 fully saturated rings. The molecule has 0 saturated carbocycles. The number of thiophene rings is 1. The molecule has 2 heterocycles. The molecule has 7 nitrogen and oxygen atoms in total. The lowest BCUT2D eigenvalue weighted by Gasteiger charge is -2.14. The van der Waals surface area contributed by atoms with Gasteiger partial charge in [-0.05, 0) is 67.2 Å². The smallest absolute Gasteiger partial charge is 0.267 e. The highest BCUT2D eigenvalue weighted by molar-refractivity contribution is 7.99. The number of halogens is 1. The Morgan fingerprint density at radius 3 is 2.71 bits per heavy atom. The van der Waals surface area contributed by atoms with Crippen LogP contribution in [0.2, 0.25) is 0 Å². The number of hydrogen-bond donors (Lipinski definition) is 1. The fourth-order valence-electron chi connectivity index (χ4n) is 4.32. The van der Waals surface area contributed by atoms with Gasteiger partial charge in [-0.3, -0.25) is 14.2 Å². The van der Waals surface area contributed by atoms with Gasteiger partial charge in [0.2, 0.25) is 0 Å². The second kappa shape index (κ2) is 12.0. The highest BCUT2D eigenvalue weighted by Crippen LogP contribution is 2.35. The number of carbonyl (C=O) groups is 1. The standard InChI is InChI=1S/C28H25ClN4O3S2/c1-36-21-13-11-20(12-14-21)33-27(35)25-22-9-5-6-10-23(22)38-26(25)31-28(33)37-17-24(34)32-30-16-19(29)15-18-7-3-2-4-8-18/h2-4,7-8,11-16H,5-6,9-10,17H2,1H3,(H,32,34). The van der Waals surface area contributed by atoms with Crippen molar-refractivity contribution in [1.82, 2.24) is 15.0 Å². The van der Waals surface area contributed by atoms with Gasteiger partial charge in [-0.1, -0.05) is 53.7 Å². The van der Waals surface area contributed by atoms with Crippen LogP contribution < -0.4 is 15.7 Å². The fourth-order valence-corrected chi connectivity index (χ4v) is 6.60. The predicted octanol–water partition coefficient (Wildman–Crippen LogP) is 5.81. The molecule has 1 N–H and O–H groups in total. The number of amides is 1. The predicted molar refractivity (Wildman–Crippen MR) is 156 cm³/mol. The van der Waals surface area contributed by atoms with Crippen molar-refractivity contribution >= 4 is 63.1 Å². The second-order valence-electron chi connectivity index (χ2n) is 8.65. The highest BCUT2D eigenvalue weighted by Gasteiger charge is 2.23. The van der Waals surface area contributed by atoms with Gasteiger partial charge in [-0.2, -0.15) is 5.10 Å². The zero-order valence-corrected chi connectivity index (χ0v) is 23.0. The Kier molecular flexibility index (Phi) is 8.26. The van der Waals surface area contributed by atoms with E-state index < -0.39 is 0 Å². The average molecular weight is 565 g/mol. The first-order chi connectivity index (χ1) is 18.5. The minimum Gasteiger partial charge on any atom is -0.497 e. The number of hydrazone groups is 1. The van der Waals surface area contributed by atoms with Crippen LogP contribution in [0.25, 0.3) is 22.0 Å². The summed E-state index contributed by atoms with van der Waals surface area (Å²) in [6.45, 7) is 0. The van der Waals surface area contributed by atoms with E-state index in [1.54, 1.807) is 41.2 Å². The number of methoxy groups -OCH3 is 1. The molecule has 0 bridgehead atoms. The molecule has 0 aliphatic heterocycles. The number of hydrogen-bond acceptors (Lipinski definition) is 7. The molecule has 10 heteroatoms. The molecule has 194 valence electrons. The molecular formula is C28H25ClN4O3S2. The summed E-state index contributed by atoms with van der Waals surface area (Å²) < 4.78 is 6.87. The molecule has 38 heavy (non-hydrogen) atoms. The van der Waals surface area contributed by atoms with E-state index in [2.05, 4.69) is 10.5 Å². The van der Waals surface area contributed by atoms with Crippen LogP contribution in [0.1, 0.15) is 28.8 Å². The summed E-state index contributed by atoms with van der Waals surface area (Å²) in [7, 11) is 1.60. The largest absolute Gasteiger partial charge is 0.497 e. The lowest BCUT2D eigenvalue weighted by atomic mass is 9.97. The minimum absolute atomic E-state index is 0.0244. The molecule has 5 rings (SSSR count). The number of thioether (sulfide) groups is 1. The maximum Gasteiger partial charge on any atom is 0.267 e. The Labute approximate surface area is 233 Å². The molecule has 1 amide bonds. The van der Waals surface area contributed by atoms with Crippen LogP contribution in [0.5, 0.6) is 5.75 Å². The molecule has 2 aromatic heterocycles. The molecule has 2 aromatic carbocycles. The van der Waals surface area contributed by atoms with Gasteiger partial charge in [0, 0.05) is 4.88 Å². The van der Waals surface area contributed by atoms with Crippen molar-refractivity contribution in [1.29, 1.82) is 0 Å². The van der Waals surface area contributed by atoms with E-state index in [9.17, 15) is 9.59 Å². The van der Waals surface area contributed by atoms with E-state index in [1.807, 2.05) is 42.5 Å². The maximum atomic E-state index is 13.8. The number of nitrogens with one attached hydrogen (secondary N) is 1. The number of aryl methyl sites for hydroxylation is 2. The number of aromatic nitrogens is 2.